The lowest BCUT2D eigenvalue weighted by molar-refractivity contribution is 0.149. The van der Waals surface area contributed by atoms with E-state index in [9.17, 15) is 9.18 Å². The molecule has 186 valence electrons. The highest BCUT2D eigenvalue weighted by Gasteiger charge is 2.28. The lowest BCUT2D eigenvalue weighted by Gasteiger charge is -2.32. The predicted octanol–water partition coefficient (Wildman–Crippen LogP) is 3.99. The fourth-order valence-corrected chi connectivity index (χ4v) is 4.98. The van der Waals surface area contributed by atoms with E-state index in [1.807, 2.05) is 24.9 Å². The third kappa shape index (κ3) is 4.42. The molecule has 2 aliphatic rings. The monoisotopic (exact) mass is 483 g/mol. The SMILES string of the molecule is CC1=Nc2c(F)cc(-c3ccn4nc(N[C@H]5CCN(C)C[C@H]5F)[nH]c(=O)c34)cc2N(C(C)C)CC1. The van der Waals surface area contributed by atoms with E-state index in [-0.39, 0.29) is 17.5 Å². The highest BCUT2D eigenvalue weighted by molar-refractivity contribution is 5.91. The van der Waals surface area contributed by atoms with Crippen molar-refractivity contribution in [1.29, 1.82) is 0 Å². The first kappa shape index (κ1) is 23.5. The number of anilines is 2. The number of alkyl halides is 1. The standard InChI is InChI=1S/C25H31F2N7O/c1-14(2)33-9-5-15(3)28-22-18(26)11-16(12-21(22)33)17-6-10-34-23(17)24(35)30-25(31-34)29-20-7-8-32(4)13-19(20)27/h6,10-12,14,19-20H,5,7-9,13H2,1-4H3,(H2,29,30,31,35)/t19-,20+/m1/s1. The van der Waals surface area contributed by atoms with Crippen molar-refractivity contribution in [1.82, 2.24) is 19.5 Å². The number of rotatable bonds is 4. The quantitative estimate of drug-likeness (QED) is 0.587. The molecule has 10 heteroatoms. The Morgan fingerprint density at radius 2 is 2.06 bits per heavy atom. The zero-order valence-electron chi connectivity index (χ0n) is 20.5. The third-order valence-electron chi connectivity index (χ3n) is 6.89. The van der Waals surface area contributed by atoms with Crippen LogP contribution in [0.5, 0.6) is 0 Å². The highest BCUT2D eigenvalue weighted by atomic mass is 19.1. The number of aromatic amines is 1. The van der Waals surface area contributed by atoms with Crippen LogP contribution in [-0.4, -0.2) is 70.1 Å². The molecule has 1 saturated heterocycles. The molecule has 2 aromatic heterocycles. The van der Waals surface area contributed by atoms with E-state index in [4.69, 9.17) is 0 Å². The van der Waals surface area contributed by atoms with Gasteiger partial charge in [0.25, 0.3) is 5.56 Å². The minimum Gasteiger partial charge on any atom is -0.367 e. The second kappa shape index (κ2) is 9.07. The molecule has 35 heavy (non-hydrogen) atoms. The molecule has 3 aromatic rings. The number of benzene rings is 1. The summed E-state index contributed by atoms with van der Waals surface area (Å²) in [5.74, 6) is -0.214. The van der Waals surface area contributed by atoms with Crippen LogP contribution < -0.4 is 15.8 Å². The van der Waals surface area contributed by atoms with Crippen LogP contribution in [-0.2, 0) is 0 Å². The molecule has 2 aliphatic heterocycles. The van der Waals surface area contributed by atoms with Crippen molar-refractivity contribution in [3.63, 3.8) is 0 Å². The third-order valence-corrected chi connectivity index (χ3v) is 6.89. The molecule has 4 heterocycles. The smallest absolute Gasteiger partial charge is 0.277 e. The maximum atomic E-state index is 15.3. The number of aliphatic imine (C=N–C) groups is 1. The molecule has 0 radical (unpaired) electrons. The Bertz CT molecular complexity index is 1350. The predicted molar refractivity (Wildman–Crippen MR) is 135 cm³/mol. The Morgan fingerprint density at radius 3 is 2.80 bits per heavy atom. The normalized spacial score (nSPS) is 21.2. The zero-order valence-corrected chi connectivity index (χ0v) is 20.5. The maximum Gasteiger partial charge on any atom is 0.277 e. The van der Waals surface area contributed by atoms with Gasteiger partial charge in [0.2, 0.25) is 5.95 Å². The van der Waals surface area contributed by atoms with Gasteiger partial charge in [0.05, 0.1) is 11.7 Å². The van der Waals surface area contributed by atoms with Gasteiger partial charge >= 0.3 is 0 Å². The molecule has 1 fully saturated rings. The van der Waals surface area contributed by atoms with Crippen LogP contribution in [0.1, 0.15) is 33.6 Å². The van der Waals surface area contributed by atoms with E-state index in [1.165, 1.54) is 10.6 Å². The summed E-state index contributed by atoms with van der Waals surface area (Å²) >= 11 is 0. The Hall–Kier alpha value is -3.27. The molecular formula is C25H31F2N7O. The van der Waals surface area contributed by atoms with Crippen LogP contribution in [0.25, 0.3) is 16.6 Å². The van der Waals surface area contributed by atoms with Crippen LogP contribution in [0, 0.1) is 5.82 Å². The van der Waals surface area contributed by atoms with Gasteiger partial charge in [0.15, 0.2) is 5.82 Å². The molecule has 0 aliphatic carbocycles. The van der Waals surface area contributed by atoms with Crippen LogP contribution in [0.4, 0.5) is 26.1 Å². The van der Waals surface area contributed by atoms with Gasteiger partial charge in [-0.05, 0) is 58.0 Å². The Labute approximate surface area is 202 Å². The van der Waals surface area contributed by atoms with Gasteiger partial charge in [-0.3, -0.25) is 14.8 Å². The van der Waals surface area contributed by atoms with E-state index < -0.39 is 18.0 Å². The molecule has 2 atom stereocenters. The van der Waals surface area contributed by atoms with Crippen molar-refractivity contribution in [3.8, 4) is 11.1 Å². The lowest BCUT2D eigenvalue weighted by atomic mass is 10.0. The molecule has 1 aromatic carbocycles. The number of likely N-dealkylation sites (tertiary alicyclic amines) is 1. The maximum absolute atomic E-state index is 15.3. The van der Waals surface area contributed by atoms with E-state index >= 15 is 4.39 Å². The van der Waals surface area contributed by atoms with Crippen molar-refractivity contribution >= 4 is 28.6 Å². The minimum atomic E-state index is -1.06. The van der Waals surface area contributed by atoms with Crippen LogP contribution >= 0.6 is 0 Å². The molecular weight excluding hydrogens is 452 g/mol. The molecule has 0 bridgehead atoms. The topological polar surface area (TPSA) is 81.0 Å². The second-order valence-electron chi connectivity index (χ2n) is 9.85. The molecule has 8 nitrogen and oxygen atoms in total. The number of piperidine rings is 1. The van der Waals surface area contributed by atoms with Crippen LogP contribution in [0.15, 0.2) is 34.2 Å². The van der Waals surface area contributed by atoms with Gasteiger partial charge in [-0.15, -0.1) is 5.10 Å². The van der Waals surface area contributed by atoms with Gasteiger partial charge in [-0.2, -0.15) is 0 Å². The van der Waals surface area contributed by atoms with Crippen molar-refractivity contribution in [2.75, 3.05) is 36.9 Å². The van der Waals surface area contributed by atoms with Crippen molar-refractivity contribution in [2.45, 2.75) is 51.9 Å². The first-order valence-electron chi connectivity index (χ1n) is 12.1. The fourth-order valence-electron chi connectivity index (χ4n) is 4.98. The Morgan fingerprint density at radius 1 is 1.26 bits per heavy atom. The average molecular weight is 484 g/mol. The number of aromatic nitrogens is 3. The molecule has 0 saturated carbocycles. The van der Waals surface area contributed by atoms with Crippen molar-refractivity contribution in [2.24, 2.45) is 4.99 Å². The van der Waals surface area contributed by atoms with E-state index in [0.717, 1.165) is 25.2 Å². The molecule has 0 unspecified atom stereocenters. The highest BCUT2D eigenvalue weighted by Crippen LogP contribution is 2.39. The summed E-state index contributed by atoms with van der Waals surface area (Å²) in [7, 11) is 1.88. The second-order valence-corrected chi connectivity index (χ2v) is 9.85. The number of nitrogens with one attached hydrogen (secondary N) is 2. The van der Waals surface area contributed by atoms with E-state index in [2.05, 4.69) is 39.1 Å². The van der Waals surface area contributed by atoms with Crippen molar-refractivity contribution < 1.29 is 8.78 Å². The first-order chi connectivity index (χ1) is 16.7. The summed E-state index contributed by atoms with van der Waals surface area (Å²) in [4.78, 5) is 24.4. The largest absolute Gasteiger partial charge is 0.367 e. The van der Waals surface area contributed by atoms with E-state index in [0.29, 0.717) is 41.0 Å². The molecule has 0 amide bonds. The number of hydrogen-bond donors (Lipinski definition) is 2. The summed E-state index contributed by atoms with van der Waals surface area (Å²) in [6, 6.07) is 4.81. The summed E-state index contributed by atoms with van der Waals surface area (Å²) in [5, 5.41) is 7.49. The molecule has 2 N–H and O–H groups in total. The number of hydrogen-bond acceptors (Lipinski definition) is 6. The van der Waals surface area contributed by atoms with Gasteiger partial charge in [-0.25, -0.2) is 13.3 Å². The number of halogens is 2. The van der Waals surface area contributed by atoms with Gasteiger partial charge in [-0.1, -0.05) is 0 Å². The Kier molecular flexibility index (Phi) is 6.08. The number of fused-ring (bicyclic) bond motifs is 2. The van der Waals surface area contributed by atoms with Gasteiger partial charge < -0.3 is 15.1 Å². The summed E-state index contributed by atoms with van der Waals surface area (Å²) in [6.45, 7) is 7.88. The average Bonchev–Trinajstić information content (AvgIpc) is 3.14. The van der Waals surface area contributed by atoms with Crippen LogP contribution in [0.2, 0.25) is 0 Å². The lowest BCUT2D eigenvalue weighted by Crippen LogP contribution is -2.46. The first-order valence-corrected chi connectivity index (χ1v) is 12.1. The molecule has 5 rings (SSSR count). The van der Waals surface area contributed by atoms with E-state index in [1.54, 1.807) is 12.3 Å². The zero-order chi connectivity index (χ0) is 24.9. The van der Waals surface area contributed by atoms with Crippen LogP contribution in [0.3, 0.4) is 0 Å². The fraction of sp³-hybridized carbons (Fsp3) is 0.480. The van der Waals surface area contributed by atoms with Gasteiger partial charge in [0.1, 0.15) is 17.4 Å². The minimum absolute atomic E-state index is 0.160. The summed E-state index contributed by atoms with van der Waals surface area (Å²) in [6.07, 6.45) is 1.97. The van der Waals surface area contributed by atoms with Gasteiger partial charge in [0, 0.05) is 49.6 Å². The number of nitrogens with zero attached hydrogens (tertiary/aromatic N) is 5. The Balaban J connectivity index is 1.54. The summed E-state index contributed by atoms with van der Waals surface area (Å²) < 4.78 is 31.2. The number of H-pyrrole nitrogens is 1. The summed E-state index contributed by atoms with van der Waals surface area (Å²) in [5.41, 5.74) is 3.01. The molecule has 0 spiro atoms. The van der Waals surface area contributed by atoms with Crippen molar-refractivity contribution in [3.05, 3.63) is 40.6 Å².